The van der Waals surface area contributed by atoms with Crippen LogP contribution in [-0.4, -0.2) is 30.0 Å². The molecule has 124 valence electrons. The number of hydrogen-bond donors (Lipinski definition) is 1. The fraction of sp³-hybridized carbons (Fsp3) is 0.556. The lowest BCUT2D eigenvalue weighted by Crippen LogP contribution is -2.44. The molecule has 5 nitrogen and oxygen atoms in total. The van der Waals surface area contributed by atoms with Crippen molar-refractivity contribution in [2.24, 2.45) is 11.8 Å². The SMILES string of the molecule is CC(C)[C@H](C)NC(=O)C1CCN(c2nc3ccccc3o2)CC1. The average molecular weight is 315 g/mol. The number of aromatic nitrogens is 1. The maximum absolute atomic E-state index is 12.3. The molecule has 1 aromatic carbocycles. The van der Waals surface area contributed by atoms with Crippen molar-refractivity contribution < 1.29 is 9.21 Å². The number of fused-ring (bicyclic) bond motifs is 1. The molecule has 1 aliphatic rings. The van der Waals surface area contributed by atoms with Crippen molar-refractivity contribution in [1.82, 2.24) is 10.3 Å². The number of nitrogens with one attached hydrogen (secondary N) is 1. The number of rotatable bonds is 4. The number of anilines is 1. The van der Waals surface area contributed by atoms with Gasteiger partial charge in [0.05, 0.1) is 0 Å². The second-order valence-corrected chi connectivity index (χ2v) is 6.77. The molecule has 0 radical (unpaired) electrons. The van der Waals surface area contributed by atoms with Crippen molar-refractivity contribution >= 4 is 23.0 Å². The number of para-hydroxylation sites is 2. The molecule has 1 amide bonds. The summed E-state index contributed by atoms with van der Waals surface area (Å²) in [6, 6.07) is 8.68. The van der Waals surface area contributed by atoms with Crippen LogP contribution in [0.2, 0.25) is 0 Å². The number of piperidine rings is 1. The fourth-order valence-corrected chi connectivity index (χ4v) is 2.84. The highest BCUT2D eigenvalue weighted by molar-refractivity contribution is 5.79. The quantitative estimate of drug-likeness (QED) is 0.941. The van der Waals surface area contributed by atoms with Gasteiger partial charge in [-0.1, -0.05) is 26.0 Å². The number of hydrogen-bond acceptors (Lipinski definition) is 4. The van der Waals surface area contributed by atoms with Crippen molar-refractivity contribution in [3.63, 3.8) is 0 Å². The molecule has 1 saturated heterocycles. The molecule has 1 aromatic heterocycles. The summed E-state index contributed by atoms with van der Waals surface area (Å²) >= 11 is 0. The number of carbonyl (C=O) groups excluding carboxylic acids is 1. The molecule has 2 aromatic rings. The maximum atomic E-state index is 12.3. The van der Waals surface area contributed by atoms with Gasteiger partial charge in [-0.15, -0.1) is 0 Å². The fourth-order valence-electron chi connectivity index (χ4n) is 2.84. The lowest BCUT2D eigenvalue weighted by molar-refractivity contribution is -0.126. The Kier molecular flexibility index (Phi) is 4.55. The van der Waals surface area contributed by atoms with Crippen LogP contribution in [0.3, 0.4) is 0 Å². The zero-order valence-corrected chi connectivity index (χ0v) is 14.1. The Morgan fingerprint density at radius 2 is 1.96 bits per heavy atom. The highest BCUT2D eigenvalue weighted by Crippen LogP contribution is 2.26. The van der Waals surface area contributed by atoms with Gasteiger partial charge in [0.1, 0.15) is 5.52 Å². The Bertz CT molecular complexity index is 639. The molecule has 1 fully saturated rings. The summed E-state index contributed by atoms with van der Waals surface area (Å²) in [6.45, 7) is 7.93. The zero-order chi connectivity index (χ0) is 16.4. The average Bonchev–Trinajstić information content (AvgIpc) is 2.98. The molecule has 2 heterocycles. The molecule has 0 saturated carbocycles. The van der Waals surface area contributed by atoms with Gasteiger partial charge in [0.2, 0.25) is 5.91 Å². The molecule has 0 bridgehead atoms. The molecule has 0 spiro atoms. The van der Waals surface area contributed by atoms with Crippen molar-refractivity contribution in [2.75, 3.05) is 18.0 Å². The number of carbonyl (C=O) groups is 1. The van der Waals surface area contributed by atoms with Crippen molar-refractivity contribution in [3.05, 3.63) is 24.3 Å². The molecule has 5 heteroatoms. The third-order valence-corrected chi connectivity index (χ3v) is 4.79. The van der Waals surface area contributed by atoms with E-state index in [1.54, 1.807) is 0 Å². The van der Waals surface area contributed by atoms with Gasteiger partial charge in [0, 0.05) is 25.0 Å². The highest BCUT2D eigenvalue weighted by Gasteiger charge is 2.28. The molecule has 23 heavy (non-hydrogen) atoms. The third kappa shape index (κ3) is 3.49. The first-order chi connectivity index (χ1) is 11.0. The predicted molar refractivity (Wildman–Crippen MR) is 91.4 cm³/mol. The Morgan fingerprint density at radius 1 is 1.26 bits per heavy atom. The summed E-state index contributed by atoms with van der Waals surface area (Å²) in [5, 5.41) is 3.13. The molecule has 3 rings (SSSR count). The van der Waals surface area contributed by atoms with Crippen LogP contribution in [0.1, 0.15) is 33.6 Å². The van der Waals surface area contributed by atoms with Crippen molar-refractivity contribution in [1.29, 1.82) is 0 Å². The number of benzene rings is 1. The van der Waals surface area contributed by atoms with Crippen LogP contribution in [0, 0.1) is 11.8 Å². The zero-order valence-electron chi connectivity index (χ0n) is 14.1. The predicted octanol–water partition coefficient (Wildman–Crippen LogP) is 3.20. The number of amides is 1. The summed E-state index contributed by atoms with van der Waals surface area (Å²) in [7, 11) is 0. The lowest BCUT2D eigenvalue weighted by Gasteiger charge is -2.31. The van der Waals surface area contributed by atoms with E-state index in [1.807, 2.05) is 24.3 Å². The summed E-state index contributed by atoms with van der Waals surface area (Å²) in [5.74, 6) is 0.735. The summed E-state index contributed by atoms with van der Waals surface area (Å²) in [4.78, 5) is 19.0. The van der Waals surface area contributed by atoms with Gasteiger partial charge in [0.25, 0.3) is 6.01 Å². The van der Waals surface area contributed by atoms with Crippen LogP contribution >= 0.6 is 0 Å². The second kappa shape index (κ2) is 6.60. The minimum absolute atomic E-state index is 0.0943. The van der Waals surface area contributed by atoms with E-state index in [9.17, 15) is 4.79 Å². The Labute approximate surface area is 137 Å². The minimum atomic E-state index is 0.0943. The number of nitrogens with zero attached hydrogens (tertiary/aromatic N) is 2. The van der Waals surface area contributed by atoms with Gasteiger partial charge in [-0.2, -0.15) is 4.98 Å². The first kappa shape index (κ1) is 15.8. The van der Waals surface area contributed by atoms with E-state index in [0.717, 1.165) is 37.0 Å². The van der Waals surface area contributed by atoms with Crippen molar-refractivity contribution in [2.45, 2.75) is 39.7 Å². The summed E-state index contributed by atoms with van der Waals surface area (Å²) < 4.78 is 5.81. The van der Waals surface area contributed by atoms with E-state index in [-0.39, 0.29) is 17.9 Å². The van der Waals surface area contributed by atoms with Crippen LogP contribution in [0.5, 0.6) is 0 Å². The molecule has 0 aliphatic carbocycles. The Morgan fingerprint density at radius 3 is 2.61 bits per heavy atom. The molecule has 1 N–H and O–H groups in total. The van der Waals surface area contributed by atoms with Gasteiger partial charge < -0.3 is 14.6 Å². The molecule has 1 atom stereocenters. The highest BCUT2D eigenvalue weighted by atomic mass is 16.4. The van der Waals surface area contributed by atoms with Crippen LogP contribution in [0.4, 0.5) is 6.01 Å². The smallest absolute Gasteiger partial charge is 0.298 e. The summed E-state index contributed by atoms with van der Waals surface area (Å²) in [6.07, 6.45) is 1.69. The monoisotopic (exact) mass is 315 g/mol. The van der Waals surface area contributed by atoms with Crippen LogP contribution in [-0.2, 0) is 4.79 Å². The van der Waals surface area contributed by atoms with Crippen molar-refractivity contribution in [3.8, 4) is 0 Å². The molecule has 0 unspecified atom stereocenters. The number of oxazole rings is 1. The largest absolute Gasteiger partial charge is 0.423 e. The Hall–Kier alpha value is -2.04. The van der Waals surface area contributed by atoms with E-state index in [0.29, 0.717) is 11.9 Å². The van der Waals surface area contributed by atoms with Gasteiger partial charge >= 0.3 is 0 Å². The minimum Gasteiger partial charge on any atom is -0.423 e. The Balaban J connectivity index is 1.58. The second-order valence-electron chi connectivity index (χ2n) is 6.77. The first-order valence-electron chi connectivity index (χ1n) is 8.45. The van der Waals surface area contributed by atoms with Crippen LogP contribution < -0.4 is 10.2 Å². The first-order valence-corrected chi connectivity index (χ1v) is 8.45. The van der Waals surface area contributed by atoms with Gasteiger partial charge in [-0.3, -0.25) is 4.79 Å². The van der Waals surface area contributed by atoms with Crippen LogP contribution in [0.25, 0.3) is 11.1 Å². The van der Waals surface area contributed by atoms with E-state index in [1.165, 1.54) is 0 Å². The van der Waals surface area contributed by atoms with Crippen LogP contribution in [0.15, 0.2) is 28.7 Å². The van der Waals surface area contributed by atoms with E-state index in [2.05, 4.69) is 36.0 Å². The molecular formula is C18H25N3O2. The normalized spacial score (nSPS) is 17.7. The van der Waals surface area contributed by atoms with E-state index in [4.69, 9.17) is 4.42 Å². The molecule has 1 aliphatic heterocycles. The molecular weight excluding hydrogens is 290 g/mol. The van der Waals surface area contributed by atoms with Gasteiger partial charge in [0.15, 0.2) is 5.58 Å². The van der Waals surface area contributed by atoms with E-state index < -0.39 is 0 Å². The standard InChI is InChI=1S/C18H25N3O2/c1-12(2)13(3)19-17(22)14-8-10-21(11-9-14)18-20-15-6-4-5-7-16(15)23-18/h4-7,12-14H,8-11H2,1-3H3,(H,19,22)/t13-/m0/s1. The summed E-state index contributed by atoms with van der Waals surface area (Å²) in [5.41, 5.74) is 1.70. The maximum Gasteiger partial charge on any atom is 0.298 e. The third-order valence-electron chi connectivity index (χ3n) is 4.79. The topological polar surface area (TPSA) is 58.4 Å². The van der Waals surface area contributed by atoms with E-state index >= 15 is 0 Å². The van der Waals surface area contributed by atoms with Gasteiger partial charge in [-0.25, -0.2) is 0 Å². The van der Waals surface area contributed by atoms with Gasteiger partial charge in [-0.05, 0) is 37.8 Å². The lowest BCUT2D eigenvalue weighted by atomic mass is 9.95.